The number of hydrogen-bond acceptors (Lipinski definition) is 1. The summed E-state index contributed by atoms with van der Waals surface area (Å²) in [5, 5.41) is 0. The lowest BCUT2D eigenvalue weighted by molar-refractivity contribution is 1.15. The highest BCUT2D eigenvalue weighted by molar-refractivity contribution is 5.66. The van der Waals surface area contributed by atoms with E-state index in [1.807, 2.05) is 13.1 Å². The SMILES string of the molecule is Cc1ccccc1-c1cnc(C)c(C)c1. The van der Waals surface area contributed by atoms with Gasteiger partial charge in [0, 0.05) is 17.5 Å². The summed E-state index contributed by atoms with van der Waals surface area (Å²) in [6, 6.07) is 10.6. The molecule has 1 aromatic carbocycles. The standard InChI is InChI=1S/C14H15N/c1-10-6-4-5-7-14(10)13-8-11(2)12(3)15-9-13/h4-9H,1-3H3. The Labute approximate surface area is 90.8 Å². The maximum absolute atomic E-state index is 4.40. The molecule has 1 aromatic heterocycles. The van der Waals surface area contributed by atoms with Crippen LogP contribution in [-0.2, 0) is 0 Å². The van der Waals surface area contributed by atoms with E-state index in [1.54, 1.807) is 0 Å². The molecule has 0 saturated heterocycles. The highest BCUT2D eigenvalue weighted by atomic mass is 14.7. The Morgan fingerprint density at radius 2 is 1.67 bits per heavy atom. The molecule has 0 unspecified atom stereocenters. The molecule has 0 fully saturated rings. The Hall–Kier alpha value is -1.63. The van der Waals surface area contributed by atoms with Gasteiger partial charge in [0.15, 0.2) is 0 Å². The van der Waals surface area contributed by atoms with Crippen LogP contribution in [0.5, 0.6) is 0 Å². The zero-order valence-corrected chi connectivity index (χ0v) is 9.41. The van der Waals surface area contributed by atoms with Crippen LogP contribution < -0.4 is 0 Å². The third-order valence-corrected chi connectivity index (χ3v) is 2.80. The normalized spacial score (nSPS) is 10.3. The molecule has 0 amide bonds. The van der Waals surface area contributed by atoms with Crippen molar-refractivity contribution in [2.45, 2.75) is 20.8 Å². The fraction of sp³-hybridized carbons (Fsp3) is 0.214. The molecular formula is C14H15N. The first-order valence-electron chi connectivity index (χ1n) is 5.18. The van der Waals surface area contributed by atoms with Gasteiger partial charge in [0.25, 0.3) is 0 Å². The summed E-state index contributed by atoms with van der Waals surface area (Å²) in [6.45, 7) is 6.27. The predicted molar refractivity (Wildman–Crippen MR) is 63.9 cm³/mol. The Balaban J connectivity index is 2.55. The molecule has 0 aliphatic rings. The van der Waals surface area contributed by atoms with Crippen molar-refractivity contribution in [2.75, 3.05) is 0 Å². The quantitative estimate of drug-likeness (QED) is 0.679. The maximum atomic E-state index is 4.40. The average Bonchev–Trinajstić information content (AvgIpc) is 2.23. The van der Waals surface area contributed by atoms with E-state index in [-0.39, 0.29) is 0 Å². The van der Waals surface area contributed by atoms with Gasteiger partial charge in [-0.15, -0.1) is 0 Å². The van der Waals surface area contributed by atoms with Gasteiger partial charge in [0.05, 0.1) is 0 Å². The average molecular weight is 197 g/mol. The number of aromatic nitrogens is 1. The second-order valence-electron chi connectivity index (χ2n) is 3.94. The summed E-state index contributed by atoms with van der Waals surface area (Å²) in [6.07, 6.45) is 1.95. The zero-order chi connectivity index (χ0) is 10.8. The van der Waals surface area contributed by atoms with Crippen molar-refractivity contribution in [1.82, 2.24) is 4.98 Å². The fourth-order valence-corrected chi connectivity index (χ4v) is 1.69. The van der Waals surface area contributed by atoms with E-state index in [0.29, 0.717) is 0 Å². The second kappa shape index (κ2) is 3.85. The van der Waals surface area contributed by atoms with Crippen LogP contribution in [-0.4, -0.2) is 4.98 Å². The number of hydrogen-bond donors (Lipinski definition) is 0. The molecule has 1 heteroatoms. The molecule has 15 heavy (non-hydrogen) atoms. The Bertz CT molecular complexity index is 486. The molecular weight excluding hydrogens is 182 g/mol. The molecule has 1 heterocycles. The first-order valence-corrected chi connectivity index (χ1v) is 5.18. The van der Waals surface area contributed by atoms with Crippen molar-refractivity contribution < 1.29 is 0 Å². The molecule has 0 bridgehead atoms. The summed E-state index contributed by atoms with van der Waals surface area (Å²) >= 11 is 0. The fourth-order valence-electron chi connectivity index (χ4n) is 1.69. The molecule has 0 spiro atoms. The van der Waals surface area contributed by atoms with E-state index in [1.165, 1.54) is 22.3 Å². The lowest BCUT2D eigenvalue weighted by atomic mass is 10.0. The minimum atomic E-state index is 1.10. The first kappa shape index (κ1) is 9.91. The monoisotopic (exact) mass is 197 g/mol. The molecule has 0 atom stereocenters. The van der Waals surface area contributed by atoms with Crippen molar-refractivity contribution in [1.29, 1.82) is 0 Å². The summed E-state index contributed by atoms with van der Waals surface area (Å²) in [5.41, 5.74) is 6.12. The molecule has 0 aliphatic carbocycles. The second-order valence-corrected chi connectivity index (χ2v) is 3.94. The Morgan fingerprint density at radius 1 is 0.933 bits per heavy atom. The van der Waals surface area contributed by atoms with E-state index in [9.17, 15) is 0 Å². The van der Waals surface area contributed by atoms with Crippen LogP contribution >= 0.6 is 0 Å². The molecule has 0 radical (unpaired) electrons. The van der Waals surface area contributed by atoms with Crippen molar-refractivity contribution in [3.05, 3.63) is 53.3 Å². The van der Waals surface area contributed by atoms with Crippen molar-refractivity contribution in [3.63, 3.8) is 0 Å². The van der Waals surface area contributed by atoms with Gasteiger partial charge in [-0.05, 0) is 43.5 Å². The molecule has 2 aromatic rings. The van der Waals surface area contributed by atoms with Crippen LogP contribution in [0.1, 0.15) is 16.8 Å². The summed E-state index contributed by atoms with van der Waals surface area (Å²) < 4.78 is 0. The maximum Gasteiger partial charge on any atom is 0.0402 e. The zero-order valence-electron chi connectivity index (χ0n) is 9.41. The van der Waals surface area contributed by atoms with E-state index < -0.39 is 0 Å². The van der Waals surface area contributed by atoms with Crippen LogP contribution in [0.2, 0.25) is 0 Å². The lowest BCUT2D eigenvalue weighted by Gasteiger charge is -2.07. The van der Waals surface area contributed by atoms with Gasteiger partial charge in [0.1, 0.15) is 0 Å². The third kappa shape index (κ3) is 1.91. The van der Waals surface area contributed by atoms with Crippen LogP contribution in [0.25, 0.3) is 11.1 Å². The van der Waals surface area contributed by atoms with Crippen LogP contribution in [0, 0.1) is 20.8 Å². The number of nitrogens with zero attached hydrogens (tertiary/aromatic N) is 1. The topological polar surface area (TPSA) is 12.9 Å². The number of benzene rings is 1. The molecule has 0 N–H and O–H groups in total. The number of rotatable bonds is 1. The summed E-state index contributed by atoms with van der Waals surface area (Å²) in [7, 11) is 0. The van der Waals surface area contributed by atoms with Crippen molar-refractivity contribution in [2.24, 2.45) is 0 Å². The summed E-state index contributed by atoms with van der Waals surface area (Å²) in [5.74, 6) is 0. The number of aryl methyl sites for hydroxylation is 3. The first-order chi connectivity index (χ1) is 7.18. The molecule has 0 aliphatic heterocycles. The minimum Gasteiger partial charge on any atom is -0.261 e. The van der Waals surface area contributed by atoms with Gasteiger partial charge in [-0.1, -0.05) is 24.3 Å². The minimum absolute atomic E-state index is 1.10. The van der Waals surface area contributed by atoms with Crippen LogP contribution in [0.4, 0.5) is 0 Å². The molecule has 76 valence electrons. The molecule has 2 rings (SSSR count). The van der Waals surface area contributed by atoms with Crippen LogP contribution in [0.15, 0.2) is 36.5 Å². The van der Waals surface area contributed by atoms with Gasteiger partial charge in [-0.25, -0.2) is 0 Å². The highest BCUT2D eigenvalue weighted by Crippen LogP contribution is 2.23. The highest BCUT2D eigenvalue weighted by Gasteiger charge is 2.02. The molecule has 1 nitrogen and oxygen atoms in total. The number of pyridine rings is 1. The largest absolute Gasteiger partial charge is 0.261 e. The molecule has 0 saturated carbocycles. The van der Waals surface area contributed by atoms with Gasteiger partial charge in [0.2, 0.25) is 0 Å². The van der Waals surface area contributed by atoms with E-state index in [0.717, 1.165) is 5.69 Å². The summed E-state index contributed by atoms with van der Waals surface area (Å²) in [4.78, 5) is 4.40. The van der Waals surface area contributed by atoms with Gasteiger partial charge >= 0.3 is 0 Å². The van der Waals surface area contributed by atoms with E-state index >= 15 is 0 Å². The Morgan fingerprint density at radius 3 is 2.33 bits per heavy atom. The van der Waals surface area contributed by atoms with E-state index in [2.05, 4.69) is 49.2 Å². The smallest absolute Gasteiger partial charge is 0.0402 e. The van der Waals surface area contributed by atoms with Gasteiger partial charge in [-0.3, -0.25) is 4.98 Å². The lowest BCUT2D eigenvalue weighted by Crippen LogP contribution is -1.89. The van der Waals surface area contributed by atoms with Crippen molar-refractivity contribution in [3.8, 4) is 11.1 Å². The van der Waals surface area contributed by atoms with Gasteiger partial charge in [-0.2, -0.15) is 0 Å². The van der Waals surface area contributed by atoms with Crippen molar-refractivity contribution >= 4 is 0 Å². The Kier molecular flexibility index (Phi) is 2.55. The third-order valence-electron chi connectivity index (χ3n) is 2.80. The predicted octanol–water partition coefficient (Wildman–Crippen LogP) is 3.67. The van der Waals surface area contributed by atoms with Crippen LogP contribution in [0.3, 0.4) is 0 Å². The van der Waals surface area contributed by atoms with Gasteiger partial charge < -0.3 is 0 Å². The van der Waals surface area contributed by atoms with E-state index in [4.69, 9.17) is 0 Å².